The van der Waals surface area contributed by atoms with Crippen LogP contribution in [0.3, 0.4) is 0 Å². The number of aromatic nitrogens is 2. The van der Waals surface area contributed by atoms with E-state index in [0.717, 1.165) is 55.6 Å². The number of piperidine rings is 1. The topological polar surface area (TPSA) is 61.0 Å². The number of carbonyl (C=O) groups is 1. The van der Waals surface area contributed by atoms with Crippen molar-refractivity contribution >= 4 is 28.5 Å². The first kappa shape index (κ1) is 18.2. The number of carbonyl (C=O) groups excluding carboxylic acids is 1. The third-order valence-corrected chi connectivity index (χ3v) is 5.17. The molecule has 6 heteroatoms. The summed E-state index contributed by atoms with van der Waals surface area (Å²) >= 11 is 5.99. The van der Waals surface area contributed by atoms with Gasteiger partial charge in [-0.3, -0.25) is 4.79 Å². The van der Waals surface area contributed by atoms with Crippen LogP contribution in [-0.4, -0.2) is 46.5 Å². The van der Waals surface area contributed by atoms with E-state index in [1.807, 2.05) is 18.2 Å². The molecule has 1 aliphatic heterocycles. The van der Waals surface area contributed by atoms with Crippen molar-refractivity contribution in [2.75, 3.05) is 19.6 Å². The van der Waals surface area contributed by atoms with Gasteiger partial charge in [0.15, 0.2) is 0 Å². The fraction of sp³-hybridized carbons (Fsp3) is 0.579. The Hall–Kier alpha value is -1.59. The van der Waals surface area contributed by atoms with E-state index in [0.29, 0.717) is 17.6 Å². The lowest BCUT2D eigenvalue weighted by Gasteiger charge is -2.34. The van der Waals surface area contributed by atoms with E-state index in [2.05, 4.69) is 34.0 Å². The number of amides is 1. The van der Waals surface area contributed by atoms with Gasteiger partial charge in [-0.15, -0.1) is 0 Å². The molecule has 0 aliphatic carbocycles. The van der Waals surface area contributed by atoms with E-state index in [9.17, 15) is 4.79 Å². The summed E-state index contributed by atoms with van der Waals surface area (Å²) in [5.41, 5.74) is 1.89. The maximum absolute atomic E-state index is 12.4. The number of H-pyrrole nitrogens is 1. The molecule has 1 atom stereocenters. The molecule has 0 saturated carbocycles. The quantitative estimate of drug-likeness (QED) is 0.774. The van der Waals surface area contributed by atoms with Crippen LogP contribution < -0.4 is 5.32 Å². The summed E-state index contributed by atoms with van der Waals surface area (Å²) in [6.45, 7) is 7.07. The normalized spacial score (nSPS) is 18.8. The fourth-order valence-corrected chi connectivity index (χ4v) is 3.63. The molecule has 2 heterocycles. The SMILES string of the molecule is CC(C)N1CCC[C@@H](C(=O)NCCCc2nc3ccc(Cl)cc3[nH]2)C1. The van der Waals surface area contributed by atoms with Crippen LogP contribution in [0.2, 0.25) is 5.02 Å². The number of halogens is 1. The molecule has 1 saturated heterocycles. The Kier molecular flexibility index (Phi) is 5.97. The minimum atomic E-state index is 0.129. The van der Waals surface area contributed by atoms with E-state index in [1.165, 1.54) is 0 Å². The number of aromatic amines is 1. The van der Waals surface area contributed by atoms with E-state index in [4.69, 9.17) is 11.6 Å². The maximum Gasteiger partial charge on any atom is 0.224 e. The van der Waals surface area contributed by atoms with Crippen molar-refractivity contribution in [3.05, 3.63) is 29.0 Å². The highest BCUT2D eigenvalue weighted by atomic mass is 35.5. The molecule has 1 aromatic heterocycles. The van der Waals surface area contributed by atoms with Crippen molar-refractivity contribution in [1.29, 1.82) is 0 Å². The first-order chi connectivity index (χ1) is 12.0. The van der Waals surface area contributed by atoms with E-state index in [-0.39, 0.29) is 11.8 Å². The number of rotatable bonds is 6. The molecule has 0 unspecified atom stereocenters. The van der Waals surface area contributed by atoms with Gasteiger partial charge in [-0.25, -0.2) is 4.98 Å². The van der Waals surface area contributed by atoms with Gasteiger partial charge in [-0.2, -0.15) is 0 Å². The van der Waals surface area contributed by atoms with Crippen molar-refractivity contribution in [3.63, 3.8) is 0 Å². The molecule has 2 aromatic rings. The number of likely N-dealkylation sites (tertiary alicyclic amines) is 1. The van der Waals surface area contributed by atoms with Crippen LogP contribution in [0, 0.1) is 5.92 Å². The van der Waals surface area contributed by atoms with E-state index in [1.54, 1.807) is 0 Å². The summed E-state index contributed by atoms with van der Waals surface area (Å²) in [5, 5.41) is 3.80. The van der Waals surface area contributed by atoms with Gasteiger partial charge in [0.25, 0.3) is 0 Å². The fourth-order valence-electron chi connectivity index (χ4n) is 3.45. The molecule has 2 N–H and O–H groups in total. The number of nitrogens with zero attached hydrogens (tertiary/aromatic N) is 2. The standard InChI is InChI=1S/C19H27ClN4O/c1-13(2)24-10-4-5-14(12-24)19(25)21-9-3-6-18-22-16-8-7-15(20)11-17(16)23-18/h7-8,11,13-14H,3-6,9-10,12H2,1-2H3,(H,21,25)(H,22,23)/t14-/m1/s1. The summed E-state index contributed by atoms with van der Waals surface area (Å²) in [6, 6.07) is 6.17. The highest BCUT2D eigenvalue weighted by molar-refractivity contribution is 6.31. The zero-order chi connectivity index (χ0) is 17.8. The third kappa shape index (κ3) is 4.73. The molecule has 25 heavy (non-hydrogen) atoms. The Morgan fingerprint density at radius 2 is 2.32 bits per heavy atom. The lowest BCUT2D eigenvalue weighted by atomic mass is 9.96. The molecule has 5 nitrogen and oxygen atoms in total. The molecule has 136 valence electrons. The van der Waals surface area contributed by atoms with Gasteiger partial charge in [0.1, 0.15) is 5.82 Å². The first-order valence-corrected chi connectivity index (χ1v) is 9.56. The molecule has 0 bridgehead atoms. The minimum absolute atomic E-state index is 0.129. The summed E-state index contributed by atoms with van der Waals surface area (Å²) in [5.74, 6) is 1.27. The van der Waals surface area contributed by atoms with Gasteiger partial charge < -0.3 is 15.2 Å². The Bertz CT molecular complexity index is 727. The Balaban J connectivity index is 1.43. The lowest BCUT2D eigenvalue weighted by Crippen LogP contribution is -2.45. The Morgan fingerprint density at radius 3 is 3.12 bits per heavy atom. The van der Waals surface area contributed by atoms with Crippen molar-refractivity contribution in [1.82, 2.24) is 20.2 Å². The summed E-state index contributed by atoms with van der Waals surface area (Å²) in [7, 11) is 0. The van der Waals surface area contributed by atoms with Gasteiger partial charge >= 0.3 is 0 Å². The highest BCUT2D eigenvalue weighted by Gasteiger charge is 2.26. The summed E-state index contributed by atoms with van der Waals surface area (Å²) in [6.07, 6.45) is 3.80. The number of aryl methyl sites for hydroxylation is 1. The number of imidazole rings is 1. The zero-order valence-corrected chi connectivity index (χ0v) is 15.8. The van der Waals surface area contributed by atoms with Crippen LogP contribution in [0.4, 0.5) is 0 Å². The molecule has 0 radical (unpaired) electrons. The number of benzene rings is 1. The van der Waals surface area contributed by atoms with E-state index < -0.39 is 0 Å². The largest absolute Gasteiger partial charge is 0.356 e. The van der Waals surface area contributed by atoms with Crippen molar-refractivity contribution in [2.24, 2.45) is 5.92 Å². The van der Waals surface area contributed by atoms with Crippen LogP contribution in [-0.2, 0) is 11.2 Å². The molecule has 1 fully saturated rings. The van der Waals surface area contributed by atoms with E-state index >= 15 is 0 Å². The second-order valence-corrected chi connectivity index (χ2v) is 7.60. The third-order valence-electron chi connectivity index (χ3n) is 4.94. The van der Waals surface area contributed by atoms with Crippen LogP contribution in [0.15, 0.2) is 18.2 Å². The molecule has 1 aliphatic rings. The molecule has 3 rings (SSSR count). The number of hydrogen-bond acceptors (Lipinski definition) is 3. The summed E-state index contributed by atoms with van der Waals surface area (Å²) in [4.78, 5) is 22.6. The number of nitrogens with one attached hydrogen (secondary N) is 2. The van der Waals surface area contributed by atoms with Crippen molar-refractivity contribution in [3.8, 4) is 0 Å². The van der Waals surface area contributed by atoms with Crippen molar-refractivity contribution in [2.45, 2.75) is 45.6 Å². The maximum atomic E-state index is 12.4. The smallest absolute Gasteiger partial charge is 0.224 e. The molecular formula is C19H27ClN4O. The second-order valence-electron chi connectivity index (χ2n) is 7.17. The van der Waals surface area contributed by atoms with Gasteiger partial charge in [0.05, 0.1) is 17.0 Å². The second kappa shape index (κ2) is 8.19. The molecule has 1 aromatic carbocycles. The molecule has 1 amide bonds. The summed E-state index contributed by atoms with van der Waals surface area (Å²) < 4.78 is 0. The average Bonchev–Trinajstić information content (AvgIpc) is 3.00. The van der Waals surface area contributed by atoms with Crippen LogP contribution in [0.1, 0.15) is 38.9 Å². The molecular weight excluding hydrogens is 336 g/mol. The molecule has 0 spiro atoms. The number of hydrogen-bond donors (Lipinski definition) is 2. The van der Waals surface area contributed by atoms with Crippen LogP contribution >= 0.6 is 11.6 Å². The monoisotopic (exact) mass is 362 g/mol. The predicted molar refractivity (Wildman–Crippen MR) is 102 cm³/mol. The zero-order valence-electron chi connectivity index (χ0n) is 15.0. The Morgan fingerprint density at radius 1 is 1.48 bits per heavy atom. The van der Waals surface area contributed by atoms with Crippen LogP contribution in [0.25, 0.3) is 11.0 Å². The Labute approximate surface area is 154 Å². The lowest BCUT2D eigenvalue weighted by molar-refractivity contribution is -0.126. The van der Waals surface area contributed by atoms with Gasteiger partial charge in [-0.05, 0) is 57.9 Å². The van der Waals surface area contributed by atoms with Gasteiger partial charge in [0.2, 0.25) is 5.91 Å². The highest BCUT2D eigenvalue weighted by Crippen LogP contribution is 2.19. The van der Waals surface area contributed by atoms with Gasteiger partial charge in [-0.1, -0.05) is 11.6 Å². The predicted octanol–water partition coefficient (Wildman–Crippen LogP) is 3.39. The first-order valence-electron chi connectivity index (χ1n) is 9.19. The average molecular weight is 363 g/mol. The van der Waals surface area contributed by atoms with Crippen LogP contribution in [0.5, 0.6) is 0 Å². The minimum Gasteiger partial charge on any atom is -0.356 e. The van der Waals surface area contributed by atoms with Crippen molar-refractivity contribution < 1.29 is 4.79 Å². The number of fused-ring (bicyclic) bond motifs is 1. The van der Waals surface area contributed by atoms with Gasteiger partial charge in [0, 0.05) is 30.6 Å².